The van der Waals surface area contributed by atoms with Crippen LogP contribution in [0.1, 0.15) is 33.1 Å². The molecule has 1 aliphatic carbocycles. The third-order valence-corrected chi connectivity index (χ3v) is 3.63. The number of hydrogen-bond acceptors (Lipinski definition) is 2. The van der Waals surface area contributed by atoms with Gasteiger partial charge in [0.05, 0.1) is 10.7 Å². The van der Waals surface area contributed by atoms with Crippen molar-refractivity contribution in [3.63, 3.8) is 0 Å². The molecule has 0 saturated heterocycles. The molecular formula is C14H19ClN2O. The van der Waals surface area contributed by atoms with E-state index >= 15 is 0 Å². The maximum Gasteiger partial charge on any atom is 0.224 e. The first-order chi connectivity index (χ1) is 8.58. The molecule has 1 amide bonds. The number of amides is 1. The zero-order chi connectivity index (χ0) is 13.1. The smallest absolute Gasteiger partial charge is 0.224 e. The molecule has 1 aliphatic rings. The molecule has 2 rings (SSSR count). The lowest BCUT2D eigenvalue weighted by Crippen LogP contribution is -2.33. The van der Waals surface area contributed by atoms with Gasteiger partial charge in [0.1, 0.15) is 0 Å². The molecule has 1 aromatic rings. The van der Waals surface area contributed by atoms with Crippen LogP contribution in [0.15, 0.2) is 18.2 Å². The van der Waals surface area contributed by atoms with E-state index in [1.54, 1.807) is 0 Å². The van der Waals surface area contributed by atoms with Crippen molar-refractivity contribution in [3.05, 3.63) is 23.2 Å². The number of anilines is 2. The van der Waals surface area contributed by atoms with Crippen molar-refractivity contribution in [2.75, 3.05) is 10.6 Å². The molecule has 0 unspecified atom stereocenters. The van der Waals surface area contributed by atoms with Gasteiger partial charge in [0, 0.05) is 18.2 Å². The fourth-order valence-corrected chi connectivity index (χ4v) is 2.38. The number of hydrogen-bond donors (Lipinski definition) is 2. The predicted molar refractivity (Wildman–Crippen MR) is 76.2 cm³/mol. The van der Waals surface area contributed by atoms with E-state index in [0.717, 1.165) is 17.3 Å². The molecule has 1 saturated carbocycles. The lowest BCUT2D eigenvalue weighted by molar-refractivity contribution is -0.115. The van der Waals surface area contributed by atoms with E-state index in [9.17, 15) is 4.79 Å². The molecule has 0 atom stereocenters. The van der Waals surface area contributed by atoms with Crippen LogP contribution < -0.4 is 10.6 Å². The van der Waals surface area contributed by atoms with Crippen LogP contribution in [0.4, 0.5) is 11.4 Å². The number of carbonyl (C=O) groups is 1. The van der Waals surface area contributed by atoms with Gasteiger partial charge in [-0.1, -0.05) is 25.4 Å². The summed E-state index contributed by atoms with van der Waals surface area (Å²) in [7, 11) is 0. The monoisotopic (exact) mass is 266 g/mol. The van der Waals surface area contributed by atoms with Crippen molar-refractivity contribution in [1.29, 1.82) is 0 Å². The quantitative estimate of drug-likeness (QED) is 0.868. The Morgan fingerprint density at radius 1 is 1.44 bits per heavy atom. The maximum atomic E-state index is 11.3. The van der Waals surface area contributed by atoms with Crippen LogP contribution in [0.25, 0.3) is 0 Å². The first-order valence-corrected chi connectivity index (χ1v) is 6.82. The van der Waals surface area contributed by atoms with E-state index in [0.29, 0.717) is 17.5 Å². The van der Waals surface area contributed by atoms with Gasteiger partial charge in [0.25, 0.3) is 0 Å². The SMILES string of the molecule is CCC(=O)Nc1ccc(Cl)c(NC2CC(C)C2)c1. The van der Waals surface area contributed by atoms with Crippen molar-refractivity contribution in [2.45, 2.75) is 39.2 Å². The van der Waals surface area contributed by atoms with Gasteiger partial charge in [0.15, 0.2) is 0 Å². The molecule has 98 valence electrons. The van der Waals surface area contributed by atoms with Crippen LogP contribution in [-0.2, 0) is 4.79 Å². The Labute approximate surface area is 113 Å². The number of carbonyl (C=O) groups excluding carboxylic acids is 1. The van der Waals surface area contributed by atoms with Crippen molar-refractivity contribution >= 4 is 28.9 Å². The molecule has 1 fully saturated rings. The molecule has 0 aromatic heterocycles. The summed E-state index contributed by atoms with van der Waals surface area (Å²) >= 11 is 6.15. The summed E-state index contributed by atoms with van der Waals surface area (Å²) < 4.78 is 0. The minimum absolute atomic E-state index is 0.0144. The standard InChI is InChI=1S/C14H19ClN2O/c1-3-14(18)17-10-4-5-12(15)13(8-10)16-11-6-9(2)7-11/h4-5,8-9,11,16H,3,6-7H2,1-2H3,(H,17,18). The van der Waals surface area contributed by atoms with Gasteiger partial charge in [-0.05, 0) is 37.0 Å². The van der Waals surface area contributed by atoms with Crippen LogP contribution in [0, 0.1) is 5.92 Å². The van der Waals surface area contributed by atoms with Gasteiger partial charge < -0.3 is 10.6 Å². The molecule has 4 heteroatoms. The Morgan fingerprint density at radius 2 is 2.17 bits per heavy atom. The van der Waals surface area contributed by atoms with Crippen LogP contribution in [0.3, 0.4) is 0 Å². The zero-order valence-electron chi connectivity index (χ0n) is 10.8. The average Bonchev–Trinajstić information content (AvgIpc) is 2.31. The first-order valence-electron chi connectivity index (χ1n) is 6.44. The van der Waals surface area contributed by atoms with Gasteiger partial charge >= 0.3 is 0 Å². The summed E-state index contributed by atoms with van der Waals surface area (Å²) in [5.41, 5.74) is 1.70. The highest BCUT2D eigenvalue weighted by molar-refractivity contribution is 6.33. The minimum atomic E-state index is 0.0144. The second-order valence-electron chi connectivity index (χ2n) is 5.01. The Bertz CT molecular complexity index is 441. The highest BCUT2D eigenvalue weighted by Gasteiger charge is 2.25. The largest absolute Gasteiger partial charge is 0.381 e. The third kappa shape index (κ3) is 3.16. The van der Waals surface area contributed by atoms with Crippen LogP contribution in [0.5, 0.6) is 0 Å². The molecule has 0 aliphatic heterocycles. The highest BCUT2D eigenvalue weighted by Crippen LogP contribution is 2.33. The van der Waals surface area contributed by atoms with Crippen molar-refractivity contribution in [2.24, 2.45) is 5.92 Å². The highest BCUT2D eigenvalue weighted by atomic mass is 35.5. The number of benzene rings is 1. The Hall–Kier alpha value is -1.22. The number of rotatable bonds is 4. The van der Waals surface area contributed by atoms with E-state index in [1.807, 2.05) is 25.1 Å². The number of halogens is 1. The molecular weight excluding hydrogens is 248 g/mol. The van der Waals surface area contributed by atoms with Crippen molar-refractivity contribution in [3.8, 4) is 0 Å². The maximum absolute atomic E-state index is 11.3. The summed E-state index contributed by atoms with van der Waals surface area (Å²) in [6.07, 6.45) is 2.84. The van der Waals surface area contributed by atoms with Crippen LogP contribution in [0.2, 0.25) is 5.02 Å². The number of nitrogens with one attached hydrogen (secondary N) is 2. The topological polar surface area (TPSA) is 41.1 Å². The molecule has 1 aromatic carbocycles. The molecule has 0 heterocycles. The van der Waals surface area contributed by atoms with E-state index in [4.69, 9.17) is 11.6 Å². The lowest BCUT2D eigenvalue weighted by atomic mass is 9.82. The fraction of sp³-hybridized carbons (Fsp3) is 0.500. The van der Waals surface area contributed by atoms with Gasteiger partial charge in [-0.25, -0.2) is 0 Å². The van der Waals surface area contributed by atoms with Crippen LogP contribution in [-0.4, -0.2) is 11.9 Å². The lowest BCUT2D eigenvalue weighted by Gasteiger charge is -2.34. The Morgan fingerprint density at radius 3 is 2.78 bits per heavy atom. The fourth-order valence-electron chi connectivity index (χ4n) is 2.20. The Kier molecular flexibility index (Phi) is 4.12. The summed E-state index contributed by atoms with van der Waals surface area (Å²) in [5.74, 6) is 0.810. The summed E-state index contributed by atoms with van der Waals surface area (Å²) in [6, 6.07) is 6.05. The predicted octanol–water partition coefficient (Wildman–Crippen LogP) is 3.90. The van der Waals surface area contributed by atoms with Gasteiger partial charge in [0.2, 0.25) is 5.91 Å². The Balaban J connectivity index is 2.04. The molecule has 0 radical (unpaired) electrons. The second kappa shape index (κ2) is 5.61. The van der Waals surface area contributed by atoms with Gasteiger partial charge in [-0.3, -0.25) is 4.79 Å². The molecule has 2 N–H and O–H groups in total. The molecule has 18 heavy (non-hydrogen) atoms. The van der Waals surface area contributed by atoms with Crippen molar-refractivity contribution < 1.29 is 4.79 Å². The van der Waals surface area contributed by atoms with E-state index < -0.39 is 0 Å². The van der Waals surface area contributed by atoms with Crippen molar-refractivity contribution in [1.82, 2.24) is 0 Å². The van der Waals surface area contributed by atoms with E-state index in [2.05, 4.69) is 17.6 Å². The van der Waals surface area contributed by atoms with Crippen LogP contribution >= 0.6 is 11.6 Å². The summed E-state index contributed by atoms with van der Waals surface area (Å²) in [4.78, 5) is 11.3. The second-order valence-corrected chi connectivity index (χ2v) is 5.42. The summed E-state index contributed by atoms with van der Waals surface area (Å²) in [6.45, 7) is 4.08. The molecule has 3 nitrogen and oxygen atoms in total. The minimum Gasteiger partial charge on any atom is -0.381 e. The van der Waals surface area contributed by atoms with E-state index in [-0.39, 0.29) is 5.91 Å². The third-order valence-electron chi connectivity index (χ3n) is 3.30. The molecule has 0 spiro atoms. The zero-order valence-corrected chi connectivity index (χ0v) is 11.6. The summed E-state index contributed by atoms with van der Waals surface area (Å²) in [5, 5.41) is 6.96. The average molecular weight is 267 g/mol. The van der Waals surface area contributed by atoms with Gasteiger partial charge in [-0.2, -0.15) is 0 Å². The molecule has 0 bridgehead atoms. The first kappa shape index (κ1) is 13.2. The van der Waals surface area contributed by atoms with E-state index in [1.165, 1.54) is 12.8 Å². The van der Waals surface area contributed by atoms with Gasteiger partial charge in [-0.15, -0.1) is 0 Å². The normalized spacial score (nSPS) is 22.2.